The summed E-state index contributed by atoms with van der Waals surface area (Å²) in [5, 5.41) is 6.51. The molecule has 0 amide bonds. The molecule has 0 saturated carbocycles. The number of anilines is 3. The normalized spacial score (nSPS) is 13.3. The summed E-state index contributed by atoms with van der Waals surface area (Å²) in [5.74, 6) is 0. The maximum Gasteiger partial charge on any atom is 0.144 e. The van der Waals surface area contributed by atoms with E-state index in [1.807, 2.05) is 54.6 Å². The molecule has 0 unspecified atom stereocenters. The fourth-order valence-corrected chi connectivity index (χ4v) is 8.22. The largest absolute Gasteiger partial charge is 0.455 e. The zero-order chi connectivity index (χ0) is 43.1. The first kappa shape index (κ1) is 25.6. The van der Waals surface area contributed by atoms with Crippen molar-refractivity contribution in [3.05, 3.63) is 212 Å². The second-order valence-corrected chi connectivity index (χ2v) is 13.9. The summed E-state index contributed by atoms with van der Waals surface area (Å²) in [6.07, 6.45) is 0. The van der Waals surface area contributed by atoms with Gasteiger partial charge in [0.25, 0.3) is 0 Å². The minimum atomic E-state index is -0.475. The molecule has 2 nitrogen and oxygen atoms in total. The summed E-state index contributed by atoms with van der Waals surface area (Å²) >= 11 is 0. The first-order valence-electron chi connectivity index (χ1n) is 22.1. The molecule has 0 aliphatic heterocycles. The molecule has 0 spiro atoms. The molecule has 0 bridgehead atoms. The zero-order valence-electron chi connectivity index (χ0n) is 37.0. The molecule has 0 aliphatic rings. The maximum absolute atomic E-state index is 8.89. The van der Waals surface area contributed by atoms with Crippen LogP contribution >= 0.6 is 0 Å². The second kappa shape index (κ2) is 13.2. The lowest BCUT2D eigenvalue weighted by molar-refractivity contribution is 0.674. The Bertz CT molecular complexity index is 3620. The van der Waals surface area contributed by atoms with Gasteiger partial charge in [0, 0.05) is 44.3 Å². The van der Waals surface area contributed by atoms with Crippen LogP contribution in [0.4, 0.5) is 17.1 Å². The Morgan fingerprint density at radius 2 is 0.929 bits per heavy atom. The van der Waals surface area contributed by atoms with E-state index in [1.165, 1.54) is 0 Å². The van der Waals surface area contributed by atoms with E-state index in [1.54, 1.807) is 12.1 Å². The number of nitrogens with zero attached hydrogens (tertiary/aromatic N) is 1. The van der Waals surface area contributed by atoms with Crippen LogP contribution in [0.25, 0.3) is 87.6 Å². The minimum Gasteiger partial charge on any atom is -0.455 e. The van der Waals surface area contributed by atoms with Crippen LogP contribution in [0.5, 0.6) is 0 Å². The first-order valence-corrected chi connectivity index (χ1v) is 18.6. The van der Waals surface area contributed by atoms with Crippen molar-refractivity contribution in [2.24, 2.45) is 0 Å². The topological polar surface area (TPSA) is 16.4 Å². The van der Waals surface area contributed by atoms with E-state index < -0.39 is 30.2 Å². The highest BCUT2D eigenvalue weighted by atomic mass is 16.3. The molecule has 1 aromatic heterocycles. The lowest BCUT2D eigenvalue weighted by Crippen LogP contribution is -2.09. The fourth-order valence-electron chi connectivity index (χ4n) is 8.22. The Balaban J connectivity index is 1.08. The minimum absolute atomic E-state index is 0.0614. The van der Waals surface area contributed by atoms with E-state index in [9.17, 15) is 0 Å². The van der Waals surface area contributed by atoms with Gasteiger partial charge in [0.1, 0.15) is 11.2 Å². The highest BCUT2D eigenvalue weighted by molar-refractivity contribution is 6.29. The molecule has 2 heteroatoms. The molecule has 262 valence electrons. The average Bonchev–Trinajstić information content (AvgIpc) is 3.72. The zero-order valence-corrected chi connectivity index (χ0v) is 30.0. The van der Waals surface area contributed by atoms with E-state index >= 15 is 0 Å². The number of rotatable bonds is 6. The predicted octanol–water partition coefficient (Wildman–Crippen LogP) is 15.5. The molecule has 0 fully saturated rings. The Morgan fingerprint density at radius 1 is 0.357 bits per heavy atom. The van der Waals surface area contributed by atoms with Crippen LogP contribution in [-0.4, -0.2) is 0 Å². The van der Waals surface area contributed by atoms with E-state index in [2.05, 4.69) is 108 Å². The number of furan rings is 1. The quantitative estimate of drug-likeness (QED) is 0.170. The molecule has 10 aromatic carbocycles. The SMILES string of the molecule is [2H]c1c([2H])c([2H])c2c(-c3ccc(N(c4ccccc4)c4ccc(-c5c6ccccc6c(-c6ccccc6)c6c5oc5c7ccccc7ccc56)cc4)cc3)c([2H])c([2H])c([2H])c2c1[2H]. The molecule has 1 heterocycles. The van der Waals surface area contributed by atoms with Gasteiger partial charge < -0.3 is 9.32 Å². The van der Waals surface area contributed by atoms with Crippen LogP contribution in [0.2, 0.25) is 0 Å². The fraction of sp³-hybridized carbons (Fsp3) is 0. The van der Waals surface area contributed by atoms with E-state index in [4.69, 9.17) is 14.0 Å². The molecule has 0 atom stereocenters. The van der Waals surface area contributed by atoms with Gasteiger partial charge in [-0.25, -0.2) is 0 Å². The van der Waals surface area contributed by atoms with E-state index in [0.29, 0.717) is 5.56 Å². The van der Waals surface area contributed by atoms with Gasteiger partial charge in [0.2, 0.25) is 0 Å². The van der Waals surface area contributed by atoms with Crippen molar-refractivity contribution in [3.8, 4) is 33.4 Å². The van der Waals surface area contributed by atoms with Crippen molar-refractivity contribution in [2.45, 2.75) is 0 Å². The van der Waals surface area contributed by atoms with Crippen molar-refractivity contribution in [1.82, 2.24) is 0 Å². The summed E-state index contributed by atoms with van der Waals surface area (Å²) in [4.78, 5) is 2.13. The Labute approximate surface area is 335 Å². The third-order valence-electron chi connectivity index (χ3n) is 10.7. The highest BCUT2D eigenvalue weighted by Crippen LogP contribution is 2.49. The molecule has 0 saturated heterocycles. The molecular formula is C54H35NO. The lowest BCUT2D eigenvalue weighted by Gasteiger charge is -2.26. The highest BCUT2D eigenvalue weighted by Gasteiger charge is 2.23. The van der Waals surface area contributed by atoms with Crippen LogP contribution in [0, 0.1) is 0 Å². The van der Waals surface area contributed by atoms with Crippen LogP contribution in [0.1, 0.15) is 9.60 Å². The average molecular weight is 721 g/mol. The van der Waals surface area contributed by atoms with Gasteiger partial charge >= 0.3 is 0 Å². The summed E-state index contributed by atoms with van der Waals surface area (Å²) in [5.41, 5.74) is 9.23. The molecule has 0 radical (unpaired) electrons. The predicted molar refractivity (Wildman–Crippen MR) is 237 cm³/mol. The molecular weight excluding hydrogens is 679 g/mol. The standard InChI is InChI=1S/C54H35NO/c1-3-16-39(17-4-1)50-47-23-11-12-24-48(47)51(54-52(50)49-35-30-37-15-8-10-22-46(37)53(49)56-54)40-28-33-43(34-29-40)55(41-19-5-2-6-20-41)42-31-26-38(27-32-42)45-25-13-18-36-14-7-9-21-44(36)45/h1-35H/i7D,9D,13D,14D,18D,21D,25D. The van der Waals surface area contributed by atoms with Gasteiger partial charge in [-0.3, -0.25) is 0 Å². The molecule has 11 rings (SSSR count). The van der Waals surface area contributed by atoms with Crippen LogP contribution in [0.15, 0.2) is 217 Å². The maximum atomic E-state index is 8.89. The van der Waals surface area contributed by atoms with E-state index in [-0.39, 0.29) is 28.4 Å². The Kier molecular flexibility index (Phi) is 6.01. The van der Waals surface area contributed by atoms with Gasteiger partial charge in [-0.1, -0.05) is 170 Å². The summed E-state index contributed by atoms with van der Waals surface area (Å²) in [6.45, 7) is 0. The summed E-state index contributed by atoms with van der Waals surface area (Å²) in [7, 11) is 0. The van der Waals surface area contributed by atoms with Crippen molar-refractivity contribution >= 4 is 71.3 Å². The Hall–Kier alpha value is -7.42. The molecule has 0 N–H and O–H groups in total. The van der Waals surface area contributed by atoms with E-state index in [0.717, 1.165) is 82.8 Å². The monoisotopic (exact) mass is 720 g/mol. The van der Waals surface area contributed by atoms with Crippen molar-refractivity contribution in [3.63, 3.8) is 0 Å². The van der Waals surface area contributed by atoms with Gasteiger partial charge in [0.15, 0.2) is 0 Å². The third-order valence-corrected chi connectivity index (χ3v) is 10.7. The number of benzene rings is 10. The van der Waals surface area contributed by atoms with Gasteiger partial charge in [-0.05, 0) is 91.6 Å². The number of hydrogen-bond acceptors (Lipinski definition) is 2. The Morgan fingerprint density at radius 3 is 1.68 bits per heavy atom. The van der Waals surface area contributed by atoms with Crippen LogP contribution < -0.4 is 4.90 Å². The van der Waals surface area contributed by atoms with Gasteiger partial charge in [-0.15, -0.1) is 0 Å². The van der Waals surface area contributed by atoms with Crippen LogP contribution in [0.3, 0.4) is 0 Å². The number of hydrogen-bond donors (Lipinski definition) is 0. The van der Waals surface area contributed by atoms with Crippen molar-refractivity contribution in [1.29, 1.82) is 0 Å². The van der Waals surface area contributed by atoms with Crippen LogP contribution in [-0.2, 0) is 0 Å². The van der Waals surface area contributed by atoms with Gasteiger partial charge in [-0.2, -0.15) is 0 Å². The molecule has 0 aliphatic carbocycles. The second-order valence-electron chi connectivity index (χ2n) is 13.9. The number of fused-ring (bicyclic) bond motifs is 7. The summed E-state index contributed by atoms with van der Waals surface area (Å²) in [6, 6.07) is 54.9. The molecule has 11 aromatic rings. The summed E-state index contributed by atoms with van der Waals surface area (Å²) < 4.78 is 67.0. The lowest BCUT2D eigenvalue weighted by atomic mass is 9.88. The van der Waals surface area contributed by atoms with Crippen molar-refractivity contribution < 1.29 is 14.0 Å². The smallest absolute Gasteiger partial charge is 0.144 e. The molecule has 56 heavy (non-hydrogen) atoms. The number of para-hydroxylation sites is 1. The third kappa shape index (κ3) is 5.19. The first-order chi connectivity index (χ1) is 30.7. The van der Waals surface area contributed by atoms with Crippen molar-refractivity contribution in [2.75, 3.05) is 4.90 Å². The van der Waals surface area contributed by atoms with Gasteiger partial charge in [0.05, 0.1) is 9.60 Å².